The number of carbonyl (C=O) groups excluding carboxylic acids is 1. The van der Waals surface area contributed by atoms with Crippen molar-refractivity contribution in [2.75, 3.05) is 13.2 Å². The molecule has 0 heterocycles. The summed E-state index contributed by atoms with van der Waals surface area (Å²) in [5.41, 5.74) is 0.513. The fraction of sp³-hybridized carbons (Fsp3) is 0.650. The van der Waals surface area contributed by atoms with Gasteiger partial charge in [0.05, 0.1) is 18.8 Å². The number of hydrogen-bond donors (Lipinski definition) is 1. The zero-order valence-electron chi connectivity index (χ0n) is 16.6. The monoisotopic (exact) mass is 351 g/mol. The second-order valence-electron chi connectivity index (χ2n) is 7.01. The third-order valence-electron chi connectivity index (χ3n) is 3.31. The van der Waals surface area contributed by atoms with E-state index in [1.165, 1.54) is 0 Å². The van der Waals surface area contributed by atoms with Crippen molar-refractivity contribution in [3.63, 3.8) is 0 Å². The maximum Gasteiger partial charge on any atom is 0.251 e. The van der Waals surface area contributed by atoms with Crippen LogP contribution in [-0.4, -0.2) is 31.3 Å². The average molecular weight is 351 g/mol. The lowest BCUT2D eigenvalue weighted by Crippen LogP contribution is -2.25. The van der Waals surface area contributed by atoms with Crippen molar-refractivity contribution < 1.29 is 19.0 Å². The zero-order valence-corrected chi connectivity index (χ0v) is 16.6. The third-order valence-corrected chi connectivity index (χ3v) is 3.31. The lowest BCUT2D eigenvalue weighted by molar-refractivity contribution is 0.0950. The van der Waals surface area contributed by atoms with Crippen LogP contribution in [-0.2, 0) is 0 Å². The molecule has 142 valence electrons. The Hall–Kier alpha value is -1.91. The maximum absolute atomic E-state index is 12.5. The molecule has 0 aromatic heterocycles. The Kier molecular flexibility index (Phi) is 8.59. The molecule has 5 nitrogen and oxygen atoms in total. The fourth-order valence-corrected chi connectivity index (χ4v) is 2.24. The Morgan fingerprint density at radius 1 is 1.00 bits per heavy atom. The van der Waals surface area contributed by atoms with Crippen LogP contribution in [0.3, 0.4) is 0 Å². The Morgan fingerprint density at radius 2 is 1.60 bits per heavy atom. The topological polar surface area (TPSA) is 56.8 Å². The van der Waals surface area contributed by atoms with Crippen LogP contribution in [0, 0.1) is 5.92 Å². The first-order valence-corrected chi connectivity index (χ1v) is 9.16. The molecule has 1 N–H and O–H groups in total. The summed E-state index contributed by atoms with van der Waals surface area (Å²) in [6, 6.07) is 3.45. The maximum atomic E-state index is 12.5. The molecule has 0 atom stereocenters. The summed E-state index contributed by atoms with van der Waals surface area (Å²) in [4.78, 5) is 12.5. The van der Waals surface area contributed by atoms with Crippen molar-refractivity contribution in [2.45, 2.75) is 67.1 Å². The van der Waals surface area contributed by atoms with Gasteiger partial charge in [-0.05, 0) is 59.1 Å². The highest BCUT2D eigenvalue weighted by Crippen LogP contribution is 2.40. The van der Waals surface area contributed by atoms with Gasteiger partial charge in [-0.3, -0.25) is 4.79 Å². The van der Waals surface area contributed by atoms with Crippen LogP contribution in [0.15, 0.2) is 12.1 Å². The highest BCUT2D eigenvalue weighted by molar-refractivity contribution is 5.95. The van der Waals surface area contributed by atoms with Crippen molar-refractivity contribution in [3.8, 4) is 17.2 Å². The fourth-order valence-electron chi connectivity index (χ4n) is 2.24. The molecule has 0 aliphatic rings. The summed E-state index contributed by atoms with van der Waals surface area (Å²) < 4.78 is 17.5. The molecule has 1 aromatic rings. The molecule has 0 saturated heterocycles. The van der Waals surface area contributed by atoms with Gasteiger partial charge in [-0.1, -0.05) is 13.8 Å². The van der Waals surface area contributed by atoms with Gasteiger partial charge in [0.15, 0.2) is 11.5 Å². The molecule has 25 heavy (non-hydrogen) atoms. The number of rotatable bonds is 10. The van der Waals surface area contributed by atoms with E-state index in [9.17, 15) is 4.79 Å². The van der Waals surface area contributed by atoms with Crippen LogP contribution in [0.4, 0.5) is 0 Å². The molecule has 0 aliphatic heterocycles. The van der Waals surface area contributed by atoms with Gasteiger partial charge < -0.3 is 19.5 Å². The Morgan fingerprint density at radius 3 is 2.12 bits per heavy atom. The number of hydrogen-bond acceptors (Lipinski definition) is 4. The summed E-state index contributed by atoms with van der Waals surface area (Å²) in [6.45, 7) is 15.1. The summed E-state index contributed by atoms with van der Waals surface area (Å²) in [5, 5.41) is 2.95. The molecule has 0 radical (unpaired) electrons. The van der Waals surface area contributed by atoms with Gasteiger partial charge >= 0.3 is 0 Å². The van der Waals surface area contributed by atoms with Gasteiger partial charge in [-0.25, -0.2) is 0 Å². The van der Waals surface area contributed by atoms with Gasteiger partial charge in [0.25, 0.3) is 5.91 Å². The SMILES string of the molecule is CCOc1cc(C(=O)NCCC(C)C)cc(OC(C)C)c1OC(C)C. The second-order valence-corrected chi connectivity index (χ2v) is 7.01. The predicted molar refractivity (Wildman–Crippen MR) is 101 cm³/mol. The summed E-state index contributed by atoms with van der Waals surface area (Å²) in [6.07, 6.45) is 0.871. The molecule has 1 rings (SSSR count). The van der Waals surface area contributed by atoms with Crippen molar-refractivity contribution in [2.24, 2.45) is 5.92 Å². The van der Waals surface area contributed by atoms with E-state index in [-0.39, 0.29) is 18.1 Å². The molecule has 0 fully saturated rings. The van der Waals surface area contributed by atoms with E-state index >= 15 is 0 Å². The standard InChI is InChI=1S/C20H33NO4/c1-8-23-17-11-16(20(22)21-10-9-13(2)3)12-18(24-14(4)5)19(17)25-15(6)7/h11-15H,8-10H2,1-7H3,(H,21,22). The van der Waals surface area contributed by atoms with Gasteiger partial charge in [-0.2, -0.15) is 0 Å². The molecule has 0 unspecified atom stereocenters. The minimum Gasteiger partial charge on any atom is -0.490 e. The van der Waals surface area contributed by atoms with Crippen molar-refractivity contribution in [1.29, 1.82) is 0 Å². The molecule has 0 bridgehead atoms. The van der Waals surface area contributed by atoms with Crippen LogP contribution >= 0.6 is 0 Å². The Bertz CT molecular complexity index is 553. The smallest absolute Gasteiger partial charge is 0.251 e. The number of ether oxygens (including phenoxy) is 3. The van der Waals surface area contributed by atoms with Crippen molar-refractivity contribution in [3.05, 3.63) is 17.7 Å². The molecule has 5 heteroatoms. The van der Waals surface area contributed by atoms with Crippen LogP contribution < -0.4 is 19.5 Å². The number of nitrogens with one attached hydrogen (secondary N) is 1. The largest absolute Gasteiger partial charge is 0.490 e. The van der Waals surface area contributed by atoms with Crippen LogP contribution in [0.2, 0.25) is 0 Å². The van der Waals surface area contributed by atoms with Gasteiger partial charge in [0, 0.05) is 12.1 Å². The van der Waals surface area contributed by atoms with E-state index in [0.29, 0.717) is 41.9 Å². The first-order chi connectivity index (χ1) is 11.7. The molecular weight excluding hydrogens is 318 g/mol. The van der Waals surface area contributed by atoms with Gasteiger partial charge in [-0.15, -0.1) is 0 Å². The van der Waals surface area contributed by atoms with Crippen LogP contribution in [0.25, 0.3) is 0 Å². The van der Waals surface area contributed by atoms with Crippen molar-refractivity contribution >= 4 is 5.91 Å². The summed E-state index contributed by atoms with van der Waals surface area (Å²) in [5.74, 6) is 2.02. The molecule has 0 saturated carbocycles. The Labute approximate surface area is 152 Å². The van der Waals surface area contributed by atoms with Crippen LogP contribution in [0.5, 0.6) is 17.2 Å². The van der Waals surface area contributed by atoms with Crippen molar-refractivity contribution in [1.82, 2.24) is 5.32 Å². The van der Waals surface area contributed by atoms with E-state index in [4.69, 9.17) is 14.2 Å². The van der Waals surface area contributed by atoms with E-state index < -0.39 is 0 Å². The van der Waals surface area contributed by atoms with Crippen LogP contribution in [0.1, 0.15) is 65.2 Å². The first-order valence-electron chi connectivity index (χ1n) is 9.16. The molecule has 0 spiro atoms. The minimum absolute atomic E-state index is 0.0283. The minimum atomic E-state index is -0.133. The van der Waals surface area contributed by atoms with E-state index in [1.807, 2.05) is 34.6 Å². The number of benzene rings is 1. The van der Waals surface area contributed by atoms with E-state index in [0.717, 1.165) is 6.42 Å². The highest BCUT2D eigenvalue weighted by atomic mass is 16.5. The number of amides is 1. The average Bonchev–Trinajstić information content (AvgIpc) is 2.48. The zero-order chi connectivity index (χ0) is 19.0. The summed E-state index contributed by atoms with van der Waals surface area (Å²) in [7, 11) is 0. The second kappa shape index (κ2) is 10.2. The predicted octanol–water partition coefficient (Wildman–Crippen LogP) is 4.44. The molecule has 1 aromatic carbocycles. The van der Waals surface area contributed by atoms with Gasteiger partial charge in [0.1, 0.15) is 0 Å². The lowest BCUT2D eigenvalue weighted by atomic mass is 10.1. The highest BCUT2D eigenvalue weighted by Gasteiger charge is 2.20. The molecular formula is C20H33NO4. The van der Waals surface area contributed by atoms with E-state index in [2.05, 4.69) is 19.2 Å². The van der Waals surface area contributed by atoms with E-state index in [1.54, 1.807) is 12.1 Å². The normalized spacial score (nSPS) is 11.1. The first kappa shape index (κ1) is 21.1. The third kappa shape index (κ3) is 7.24. The van der Waals surface area contributed by atoms with Gasteiger partial charge in [0.2, 0.25) is 5.75 Å². The summed E-state index contributed by atoms with van der Waals surface area (Å²) >= 11 is 0. The lowest BCUT2D eigenvalue weighted by Gasteiger charge is -2.21. The Balaban J connectivity index is 3.16. The molecule has 1 amide bonds. The quantitative estimate of drug-likeness (QED) is 0.677. The number of carbonyl (C=O) groups is 1. The molecule has 0 aliphatic carbocycles.